The molecule has 0 amide bonds. The molecule has 3 aromatic rings. The van der Waals surface area contributed by atoms with Crippen molar-refractivity contribution in [1.29, 1.82) is 0 Å². The van der Waals surface area contributed by atoms with Crippen molar-refractivity contribution in [2.45, 2.75) is 19.3 Å². The third-order valence-electron chi connectivity index (χ3n) is 2.89. The van der Waals surface area contributed by atoms with Crippen LogP contribution in [0.25, 0.3) is 21.3 Å². The second kappa shape index (κ2) is 4.79. The number of alkyl halides is 1. The van der Waals surface area contributed by atoms with E-state index in [9.17, 15) is 4.79 Å². The molecule has 0 saturated carbocycles. The topological polar surface area (TPSA) is 63.6 Å². The van der Waals surface area contributed by atoms with Gasteiger partial charge in [0.15, 0.2) is 0 Å². The van der Waals surface area contributed by atoms with Crippen LogP contribution in [0.4, 0.5) is 0 Å². The molecular weight excluding hydrogens is 284 g/mol. The summed E-state index contributed by atoms with van der Waals surface area (Å²) in [5, 5.41) is 6.77. The maximum Gasteiger partial charge on any atom is 0.260 e. The monoisotopic (exact) mass is 294 g/mol. The predicted octanol–water partition coefficient (Wildman–Crippen LogP) is 2.61. The van der Waals surface area contributed by atoms with Gasteiger partial charge in [-0.15, -0.1) is 22.9 Å². The molecule has 3 aromatic heterocycles. The second-order valence-electron chi connectivity index (χ2n) is 4.06. The van der Waals surface area contributed by atoms with Gasteiger partial charge in [-0.25, -0.2) is 4.98 Å². The van der Waals surface area contributed by atoms with Crippen molar-refractivity contribution in [3.63, 3.8) is 0 Å². The molecule has 0 aromatic carbocycles. The van der Waals surface area contributed by atoms with E-state index in [1.54, 1.807) is 6.20 Å². The summed E-state index contributed by atoms with van der Waals surface area (Å²) >= 11 is 7.15. The average Bonchev–Trinajstić information content (AvgIpc) is 3.04. The molecule has 0 saturated heterocycles. The average molecular weight is 295 g/mol. The van der Waals surface area contributed by atoms with Gasteiger partial charge in [0, 0.05) is 29.2 Å². The summed E-state index contributed by atoms with van der Waals surface area (Å²) in [6.45, 7) is 2.82. The molecule has 7 heteroatoms. The summed E-state index contributed by atoms with van der Waals surface area (Å²) in [5.41, 5.74) is 1.65. The third-order valence-corrected chi connectivity index (χ3v) is 4.01. The van der Waals surface area contributed by atoms with Crippen LogP contribution >= 0.6 is 22.9 Å². The highest BCUT2D eigenvalue weighted by atomic mass is 35.5. The van der Waals surface area contributed by atoms with Crippen molar-refractivity contribution in [3.8, 4) is 11.1 Å². The number of H-pyrrole nitrogens is 1. The van der Waals surface area contributed by atoms with E-state index in [0.29, 0.717) is 16.0 Å². The van der Waals surface area contributed by atoms with Crippen LogP contribution in [-0.2, 0) is 12.4 Å². The Bertz CT molecular complexity index is 788. The Labute approximate surface area is 117 Å². The Kier molecular flexibility index (Phi) is 3.12. The molecule has 19 heavy (non-hydrogen) atoms. The van der Waals surface area contributed by atoms with Gasteiger partial charge in [-0.05, 0) is 6.92 Å². The highest BCUT2D eigenvalue weighted by molar-refractivity contribution is 7.17. The minimum absolute atomic E-state index is 0.152. The molecule has 3 rings (SSSR count). The van der Waals surface area contributed by atoms with Crippen LogP contribution in [0, 0.1) is 0 Å². The van der Waals surface area contributed by atoms with Crippen molar-refractivity contribution in [3.05, 3.63) is 34.0 Å². The molecule has 98 valence electrons. The highest BCUT2D eigenvalue weighted by Crippen LogP contribution is 2.30. The standard InChI is InChI=1S/C12H11ClN4OS/c1-2-17-5-7(4-14-17)8-6-19-12-10(8)11(18)15-9(3-13)16-12/h4-6H,2-3H2,1H3,(H,15,16,18). The molecule has 0 spiro atoms. The maximum absolute atomic E-state index is 12.1. The lowest BCUT2D eigenvalue weighted by Crippen LogP contribution is -2.10. The molecule has 0 aliphatic carbocycles. The number of nitrogens with one attached hydrogen (secondary N) is 1. The lowest BCUT2D eigenvalue weighted by Gasteiger charge is -1.97. The first-order valence-electron chi connectivity index (χ1n) is 5.82. The van der Waals surface area contributed by atoms with E-state index in [2.05, 4.69) is 15.1 Å². The number of fused-ring (bicyclic) bond motifs is 1. The number of aromatic amines is 1. The van der Waals surface area contributed by atoms with Crippen molar-refractivity contribution < 1.29 is 0 Å². The summed E-state index contributed by atoms with van der Waals surface area (Å²) in [4.78, 5) is 19.9. The minimum Gasteiger partial charge on any atom is -0.309 e. The molecule has 0 bridgehead atoms. The molecule has 1 N–H and O–H groups in total. The number of aryl methyl sites for hydroxylation is 1. The van der Waals surface area contributed by atoms with Crippen LogP contribution in [0.5, 0.6) is 0 Å². The van der Waals surface area contributed by atoms with Gasteiger partial charge in [0.05, 0.1) is 17.5 Å². The molecule has 0 radical (unpaired) electrons. The largest absolute Gasteiger partial charge is 0.309 e. The van der Waals surface area contributed by atoms with Crippen LogP contribution in [0.1, 0.15) is 12.7 Å². The molecule has 3 heterocycles. The first kappa shape index (κ1) is 12.4. The van der Waals surface area contributed by atoms with Crippen LogP contribution in [-0.4, -0.2) is 19.7 Å². The molecular formula is C12H11ClN4OS. The van der Waals surface area contributed by atoms with Crippen LogP contribution in [0.2, 0.25) is 0 Å². The van der Waals surface area contributed by atoms with Crippen molar-refractivity contribution in [2.24, 2.45) is 0 Å². The Balaban J connectivity index is 2.22. The third kappa shape index (κ3) is 2.06. The van der Waals surface area contributed by atoms with Gasteiger partial charge in [-0.1, -0.05) is 0 Å². The second-order valence-corrected chi connectivity index (χ2v) is 5.19. The smallest absolute Gasteiger partial charge is 0.260 e. The number of hydrogen-bond donors (Lipinski definition) is 1. The molecule has 0 aliphatic rings. The van der Waals surface area contributed by atoms with Crippen LogP contribution in [0.15, 0.2) is 22.6 Å². The molecule has 0 aliphatic heterocycles. The fraction of sp³-hybridized carbons (Fsp3) is 0.250. The van der Waals surface area contributed by atoms with E-state index in [4.69, 9.17) is 11.6 Å². The predicted molar refractivity (Wildman–Crippen MR) is 76.7 cm³/mol. The van der Waals surface area contributed by atoms with Gasteiger partial charge >= 0.3 is 0 Å². The first-order chi connectivity index (χ1) is 9.22. The zero-order valence-corrected chi connectivity index (χ0v) is 11.8. The van der Waals surface area contributed by atoms with E-state index >= 15 is 0 Å². The maximum atomic E-state index is 12.1. The quantitative estimate of drug-likeness (QED) is 0.755. The summed E-state index contributed by atoms with van der Waals surface area (Å²) in [6, 6.07) is 0. The first-order valence-corrected chi connectivity index (χ1v) is 7.23. The van der Waals surface area contributed by atoms with Gasteiger partial charge in [-0.3, -0.25) is 9.48 Å². The molecule has 5 nitrogen and oxygen atoms in total. The summed E-state index contributed by atoms with van der Waals surface area (Å²) < 4.78 is 1.83. The summed E-state index contributed by atoms with van der Waals surface area (Å²) in [7, 11) is 0. The summed E-state index contributed by atoms with van der Waals surface area (Å²) in [6.07, 6.45) is 3.69. The molecule has 0 fully saturated rings. The molecule has 0 atom stereocenters. The van der Waals surface area contributed by atoms with E-state index in [1.165, 1.54) is 11.3 Å². The molecule has 0 unspecified atom stereocenters. The number of rotatable bonds is 3. The Hall–Kier alpha value is -1.66. The Morgan fingerprint density at radius 2 is 2.37 bits per heavy atom. The lowest BCUT2D eigenvalue weighted by molar-refractivity contribution is 0.660. The van der Waals surface area contributed by atoms with Crippen molar-refractivity contribution in [1.82, 2.24) is 19.7 Å². The minimum atomic E-state index is -0.152. The number of nitrogens with zero attached hydrogens (tertiary/aromatic N) is 3. The van der Waals surface area contributed by atoms with E-state index in [-0.39, 0.29) is 11.4 Å². The lowest BCUT2D eigenvalue weighted by atomic mass is 10.1. The number of hydrogen-bond acceptors (Lipinski definition) is 4. The SMILES string of the molecule is CCn1cc(-c2csc3nc(CCl)[nH]c(=O)c23)cn1. The normalized spacial score (nSPS) is 11.3. The Morgan fingerprint density at radius 3 is 3.05 bits per heavy atom. The van der Waals surface area contributed by atoms with Crippen molar-refractivity contribution >= 4 is 33.2 Å². The van der Waals surface area contributed by atoms with Gasteiger partial charge in [0.25, 0.3) is 5.56 Å². The number of halogens is 1. The highest BCUT2D eigenvalue weighted by Gasteiger charge is 2.13. The fourth-order valence-electron chi connectivity index (χ4n) is 1.94. The van der Waals surface area contributed by atoms with Gasteiger partial charge in [-0.2, -0.15) is 5.10 Å². The zero-order chi connectivity index (χ0) is 13.4. The van der Waals surface area contributed by atoms with E-state index < -0.39 is 0 Å². The van der Waals surface area contributed by atoms with Crippen LogP contribution < -0.4 is 5.56 Å². The number of aromatic nitrogens is 4. The van der Waals surface area contributed by atoms with Gasteiger partial charge in [0.2, 0.25) is 0 Å². The van der Waals surface area contributed by atoms with Gasteiger partial charge < -0.3 is 4.98 Å². The van der Waals surface area contributed by atoms with Crippen molar-refractivity contribution in [2.75, 3.05) is 0 Å². The fourth-order valence-corrected chi connectivity index (χ4v) is 3.04. The Morgan fingerprint density at radius 1 is 1.53 bits per heavy atom. The van der Waals surface area contributed by atoms with Crippen LogP contribution in [0.3, 0.4) is 0 Å². The van der Waals surface area contributed by atoms with E-state index in [1.807, 2.05) is 23.2 Å². The van der Waals surface area contributed by atoms with E-state index in [0.717, 1.165) is 17.7 Å². The zero-order valence-electron chi connectivity index (χ0n) is 10.2. The van der Waals surface area contributed by atoms with Gasteiger partial charge in [0.1, 0.15) is 10.7 Å². The number of thiophene rings is 1. The summed E-state index contributed by atoms with van der Waals surface area (Å²) in [5.74, 6) is 0.698.